The number of benzene rings is 1. The van der Waals surface area contributed by atoms with E-state index in [1.807, 2.05) is 26.0 Å². The summed E-state index contributed by atoms with van der Waals surface area (Å²) in [6.45, 7) is 3.77. The summed E-state index contributed by atoms with van der Waals surface area (Å²) in [5.41, 5.74) is 1.79. The molecule has 1 saturated carbocycles. The lowest BCUT2D eigenvalue weighted by Gasteiger charge is -2.08. The zero-order chi connectivity index (χ0) is 15.0. The monoisotopic (exact) mass is 305 g/mol. The molecule has 1 fully saturated rings. The van der Waals surface area contributed by atoms with E-state index >= 15 is 0 Å². The first-order chi connectivity index (χ1) is 10.0. The second-order valence-corrected chi connectivity index (χ2v) is 5.83. The number of nitrogens with zero attached hydrogens (tertiary/aromatic N) is 2. The topological polar surface area (TPSA) is 68.0 Å². The summed E-state index contributed by atoms with van der Waals surface area (Å²) in [5, 5.41) is 7.49. The summed E-state index contributed by atoms with van der Waals surface area (Å²) in [6.07, 6.45) is 1.94. The number of nitrogens with one attached hydrogen (secondary N) is 1. The summed E-state index contributed by atoms with van der Waals surface area (Å²) >= 11 is 6.10. The summed E-state index contributed by atoms with van der Waals surface area (Å²) in [6, 6.07) is 5.31. The zero-order valence-electron chi connectivity index (χ0n) is 11.9. The SMILES string of the molecule is Cc1ccc(-c2noc(C(C)NC(=O)C3CC3)n2)cc1Cl. The average Bonchev–Trinajstić information content (AvgIpc) is 3.19. The third-order valence-corrected chi connectivity index (χ3v) is 3.96. The Hall–Kier alpha value is -1.88. The number of rotatable bonds is 4. The maximum atomic E-state index is 11.7. The van der Waals surface area contributed by atoms with Crippen molar-refractivity contribution in [1.29, 1.82) is 0 Å². The molecule has 1 aromatic heterocycles. The van der Waals surface area contributed by atoms with Crippen molar-refractivity contribution in [3.05, 3.63) is 34.7 Å². The Morgan fingerprint density at radius 2 is 2.24 bits per heavy atom. The van der Waals surface area contributed by atoms with Gasteiger partial charge >= 0.3 is 0 Å². The summed E-state index contributed by atoms with van der Waals surface area (Å²) in [7, 11) is 0. The molecule has 110 valence electrons. The highest BCUT2D eigenvalue weighted by molar-refractivity contribution is 6.31. The number of carbonyl (C=O) groups excluding carboxylic acids is 1. The van der Waals surface area contributed by atoms with E-state index in [1.54, 1.807) is 6.07 Å². The number of carbonyl (C=O) groups is 1. The Balaban J connectivity index is 1.75. The van der Waals surface area contributed by atoms with Gasteiger partial charge in [-0.1, -0.05) is 28.9 Å². The van der Waals surface area contributed by atoms with Gasteiger partial charge in [0.2, 0.25) is 17.6 Å². The maximum absolute atomic E-state index is 11.7. The minimum atomic E-state index is -0.291. The third kappa shape index (κ3) is 3.08. The van der Waals surface area contributed by atoms with Crippen molar-refractivity contribution in [3.63, 3.8) is 0 Å². The molecule has 1 unspecified atom stereocenters. The number of hydrogen-bond acceptors (Lipinski definition) is 4. The number of hydrogen-bond donors (Lipinski definition) is 1. The van der Waals surface area contributed by atoms with Gasteiger partial charge in [-0.05, 0) is 38.3 Å². The van der Waals surface area contributed by atoms with E-state index in [2.05, 4.69) is 15.5 Å². The van der Waals surface area contributed by atoms with Crippen LogP contribution in [-0.2, 0) is 4.79 Å². The molecular weight excluding hydrogens is 290 g/mol. The van der Waals surface area contributed by atoms with Gasteiger partial charge in [0.05, 0.1) is 0 Å². The molecule has 0 aliphatic heterocycles. The molecule has 1 aliphatic carbocycles. The summed E-state index contributed by atoms with van der Waals surface area (Å²) in [4.78, 5) is 16.1. The van der Waals surface area contributed by atoms with Gasteiger partial charge in [0.15, 0.2) is 0 Å². The van der Waals surface area contributed by atoms with Crippen molar-refractivity contribution >= 4 is 17.5 Å². The fourth-order valence-corrected chi connectivity index (χ4v) is 2.18. The summed E-state index contributed by atoms with van der Waals surface area (Å²) < 4.78 is 5.23. The van der Waals surface area contributed by atoms with Crippen LogP contribution < -0.4 is 5.32 Å². The lowest BCUT2D eigenvalue weighted by atomic mass is 10.1. The van der Waals surface area contributed by atoms with Gasteiger partial charge in [-0.15, -0.1) is 0 Å². The molecule has 21 heavy (non-hydrogen) atoms. The van der Waals surface area contributed by atoms with Gasteiger partial charge in [-0.3, -0.25) is 4.79 Å². The fraction of sp³-hybridized carbons (Fsp3) is 0.400. The van der Waals surface area contributed by atoms with Crippen LogP contribution >= 0.6 is 11.6 Å². The molecule has 1 amide bonds. The molecule has 1 aliphatic rings. The van der Waals surface area contributed by atoms with Crippen LogP contribution in [0.3, 0.4) is 0 Å². The molecule has 0 spiro atoms. The molecule has 1 N–H and O–H groups in total. The highest BCUT2D eigenvalue weighted by Crippen LogP contribution is 2.30. The van der Waals surface area contributed by atoms with Crippen LogP contribution in [0.15, 0.2) is 22.7 Å². The number of aromatic nitrogens is 2. The van der Waals surface area contributed by atoms with Gasteiger partial charge in [0.25, 0.3) is 0 Å². The molecule has 0 bridgehead atoms. The highest BCUT2D eigenvalue weighted by atomic mass is 35.5. The van der Waals surface area contributed by atoms with Crippen molar-refractivity contribution in [2.24, 2.45) is 5.92 Å². The Morgan fingerprint density at radius 3 is 2.90 bits per heavy atom. The normalized spacial score (nSPS) is 15.8. The predicted molar refractivity (Wildman–Crippen MR) is 78.8 cm³/mol. The van der Waals surface area contributed by atoms with Crippen LogP contribution in [0.2, 0.25) is 5.02 Å². The number of halogens is 1. The Bertz CT molecular complexity index is 679. The first-order valence-electron chi connectivity index (χ1n) is 6.95. The molecule has 2 aromatic rings. The van der Waals surface area contributed by atoms with Crippen molar-refractivity contribution < 1.29 is 9.32 Å². The van der Waals surface area contributed by atoms with E-state index < -0.39 is 0 Å². The zero-order valence-corrected chi connectivity index (χ0v) is 12.6. The minimum Gasteiger partial charge on any atom is -0.344 e. The Kier molecular flexibility index (Phi) is 3.68. The molecule has 5 nitrogen and oxygen atoms in total. The van der Waals surface area contributed by atoms with Gasteiger partial charge in [-0.25, -0.2) is 0 Å². The van der Waals surface area contributed by atoms with Crippen LogP contribution in [-0.4, -0.2) is 16.0 Å². The van der Waals surface area contributed by atoms with Gasteiger partial charge in [-0.2, -0.15) is 4.98 Å². The molecule has 6 heteroatoms. The smallest absolute Gasteiger partial charge is 0.249 e. The lowest BCUT2D eigenvalue weighted by Crippen LogP contribution is -2.28. The van der Waals surface area contributed by atoms with Crippen LogP contribution in [0, 0.1) is 12.8 Å². The van der Waals surface area contributed by atoms with E-state index in [9.17, 15) is 4.79 Å². The van der Waals surface area contributed by atoms with E-state index in [1.165, 1.54) is 0 Å². The fourth-order valence-electron chi connectivity index (χ4n) is 2.00. The van der Waals surface area contributed by atoms with Crippen molar-refractivity contribution in [2.75, 3.05) is 0 Å². The predicted octanol–water partition coefficient (Wildman–Crippen LogP) is 3.29. The molecule has 1 heterocycles. The van der Waals surface area contributed by atoms with Crippen LogP contribution in [0.4, 0.5) is 0 Å². The quantitative estimate of drug-likeness (QED) is 0.941. The molecule has 0 saturated heterocycles. The maximum Gasteiger partial charge on any atom is 0.249 e. The Labute approximate surface area is 127 Å². The van der Waals surface area contributed by atoms with Gasteiger partial charge < -0.3 is 9.84 Å². The van der Waals surface area contributed by atoms with Crippen molar-refractivity contribution in [1.82, 2.24) is 15.5 Å². The molecule has 1 atom stereocenters. The highest BCUT2D eigenvalue weighted by Gasteiger charge is 2.31. The third-order valence-electron chi connectivity index (χ3n) is 3.55. The average molecular weight is 306 g/mol. The van der Waals surface area contributed by atoms with Gasteiger partial charge in [0.1, 0.15) is 6.04 Å². The summed E-state index contributed by atoms with van der Waals surface area (Å²) in [5.74, 6) is 1.08. The van der Waals surface area contributed by atoms with Crippen LogP contribution in [0.5, 0.6) is 0 Å². The van der Waals surface area contributed by atoms with Crippen LogP contribution in [0.1, 0.15) is 37.3 Å². The standard InChI is InChI=1S/C15H16ClN3O2/c1-8-3-4-11(7-12(8)16)13-18-15(21-19-13)9(2)17-14(20)10-5-6-10/h3-4,7,9-10H,5-6H2,1-2H3,(H,17,20). The first-order valence-corrected chi connectivity index (χ1v) is 7.33. The van der Waals surface area contributed by atoms with Crippen molar-refractivity contribution in [2.45, 2.75) is 32.7 Å². The Morgan fingerprint density at radius 1 is 1.48 bits per heavy atom. The second-order valence-electron chi connectivity index (χ2n) is 5.42. The van der Waals surface area contributed by atoms with E-state index in [4.69, 9.17) is 16.1 Å². The molecule has 0 radical (unpaired) electrons. The number of amides is 1. The molecule has 1 aromatic carbocycles. The van der Waals surface area contributed by atoms with Crippen molar-refractivity contribution in [3.8, 4) is 11.4 Å². The number of aryl methyl sites for hydroxylation is 1. The largest absolute Gasteiger partial charge is 0.344 e. The molecule has 3 rings (SSSR count). The minimum absolute atomic E-state index is 0.0561. The first kappa shape index (κ1) is 14.1. The van der Waals surface area contributed by atoms with E-state index in [-0.39, 0.29) is 17.9 Å². The molecular formula is C15H16ClN3O2. The van der Waals surface area contributed by atoms with E-state index in [0.717, 1.165) is 24.0 Å². The lowest BCUT2D eigenvalue weighted by molar-refractivity contribution is -0.123. The van der Waals surface area contributed by atoms with E-state index in [0.29, 0.717) is 16.7 Å². The van der Waals surface area contributed by atoms with Crippen LogP contribution in [0.25, 0.3) is 11.4 Å². The van der Waals surface area contributed by atoms with Gasteiger partial charge in [0, 0.05) is 16.5 Å². The second kappa shape index (κ2) is 5.48.